The van der Waals surface area contributed by atoms with Gasteiger partial charge in [-0.05, 0) is 85.5 Å². The highest BCUT2D eigenvalue weighted by molar-refractivity contribution is 6.29. The Morgan fingerprint density at radius 1 is 1.06 bits per heavy atom. The number of hydrogen-bond acceptors (Lipinski definition) is 3. The van der Waals surface area contributed by atoms with E-state index in [1.54, 1.807) is 23.2 Å². The molecule has 3 bridgehead atoms. The largest absolute Gasteiger partial charge is 0.329 e. The van der Waals surface area contributed by atoms with E-state index in [9.17, 15) is 4.79 Å². The first-order valence-corrected chi connectivity index (χ1v) is 12.4. The van der Waals surface area contributed by atoms with Gasteiger partial charge in [-0.3, -0.25) is 4.57 Å². The number of amides is 1. The number of hydrogen-bond donors (Lipinski definition) is 0. The summed E-state index contributed by atoms with van der Waals surface area (Å²) in [6.07, 6.45) is 13.1. The van der Waals surface area contributed by atoms with E-state index in [0.717, 1.165) is 40.1 Å². The molecule has 7 rings (SSSR count). The fraction of sp³-hybridized carbons (Fsp3) is 0.444. The van der Waals surface area contributed by atoms with Crippen LogP contribution in [-0.4, -0.2) is 38.1 Å². The second kappa shape index (κ2) is 6.69. The van der Waals surface area contributed by atoms with Crippen LogP contribution in [0.4, 0.5) is 4.79 Å². The van der Waals surface area contributed by atoms with Gasteiger partial charge in [0.15, 0.2) is 0 Å². The van der Waals surface area contributed by atoms with Gasteiger partial charge in [0.25, 0.3) is 0 Å². The molecular weight excluding hydrogens is 432 g/mol. The average molecular weight is 459 g/mol. The van der Waals surface area contributed by atoms with Gasteiger partial charge in [-0.1, -0.05) is 29.8 Å². The normalized spacial score (nSPS) is 33.1. The van der Waals surface area contributed by atoms with E-state index in [-0.39, 0.29) is 11.6 Å². The first kappa shape index (κ1) is 19.8. The predicted octanol–water partition coefficient (Wildman–Crippen LogP) is 6.13. The first-order chi connectivity index (χ1) is 16.0. The molecule has 1 amide bonds. The fourth-order valence-corrected chi connectivity index (χ4v) is 8.17. The molecule has 1 spiro atoms. The lowest BCUT2D eigenvalue weighted by molar-refractivity contribution is -0.00417. The van der Waals surface area contributed by atoms with Gasteiger partial charge in [0, 0.05) is 36.1 Å². The Morgan fingerprint density at radius 3 is 2.79 bits per heavy atom. The molecule has 6 heteroatoms. The summed E-state index contributed by atoms with van der Waals surface area (Å²) in [6, 6.07) is 12.0. The summed E-state index contributed by atoms with van der Waals surface area (Å²) in [6.45, 7) is 0. The Labute approximate surface area is 198 Å². The molecule has 2 aromatic heterocycles. The maximum Gasteiger partial charge on any atom is 0.329 e. The number of carbonyl (C=O) groups excluding carboxylic acids is 1. The highest BCUT2D eigenvalue weighted by Gasteiger charge is 2.72. The van der Waals surface area contributed by atoms with E-state index in [1.807, 2.05) is 37.5 Å². The van der Waals surface area contributed by atoms with Crippen molar-refractivity contribution in [3.05, 3.63) is 60.3 Å². The van der Waals surface area contributed by atoms with Crippen molar-refractivity contribution in [2.24, 2.45) is 23.2 Å². The number of imidazole rings is 1. The van der Waals surface area contributed by atoms with Gasteiger partial charge in [-0.2, -0.15) is 0 Å². The van der Waals surface area contributed by atoms with Crippen LogP contribution in [0.3, 0.4) is 0 Å². The summed E-state index contributed by atoms with van der Waals surface area (Å²) in [5, 5.41) is 0.479. The van der Waals surface area contributed by atoms with Crippen molar-refractivity contribution in [2.75, 3.05) is 7.05 Å². The SMILES string of the molecule is CN(C(=O)n1cnc(-c2cccc(-c3ccc(Cl)nc3)c2)c1)C12CC3CC4CC(C1)C4(C3)C2. The molecule has 3 aromatic rings. The monoisotopic (exact) mass is 458 g/mol. The van der Waals surface area contributed by atoms with Crippen LogP contribution in [0.25, 0.3) is 22.4 Å². The van der Waals surface area contributed by atoms with Crippen LogP contribution >= 0.6 is 11.6 Å². The third-order valence-electron chi connectivity index (χ3n) is 9.46. The van der Waals surface area contributed by atoms with Gasteiger partial charge in [-0.15, -0.1) is 0 Å². The average Bonchev–Trinajstić information content (AvgIpc) is 3.44. The zero-order valence-corrected chi connectivity index (χ0v) is 19.5. The van der Waals surface area contributed by atoms with Crippen molar-refractivity contribution < 1.29 is 4.79 Å². The van der Waals surface area contributed by atoms with Crippen LogP contribution in [0.15, 0.2) is 55.1 Å². The molecule has 2 heterocycles. The van der Waals surface area contributed by atoms with Crippen LogP contribution in [0, 0.1) is 23.2 Å². The summed E-state index contributed by atoms with van der Waals surface area (Å²) < 4.78 is 1.67. The van der Waals surface area contributed by atoms with Crippen molar-refractivity contribution in [1.82, 2.24) is 19.4 Å². The van der Waals surface area contributed by atoms with Gasteiger partial charge in [0.1, 0.15) is 11.5 Å². The smallest absolute Gasteiger partial charge is 0.321 e. The van der Waals surface area contributed by atoms with Gasteiger partial charge in [0.05, 0.1) is 5.69 Å². The number of carbonyl (C=O) groups is 1. The highest BCUT2D eigenvalue weighted by atomic mass is 35.5. The van der Waals surface area contributed by atoms with E-state index < -0.39 is 0 Å². The van der Waals surface area contributed by atoms with Gasteiger partial charge >= 0.3 is 6.03 Å². The van der Waals surface area contributed by atoms with E-state index in [0.29, 0.717) is 10.6 Å². The van der Waals surface area contributed by atoms with E-state index >= 15 is 0 Å². The topological polar surface area (TPSA) is 51.0 Å². The number of benzene rings is 1. The molecule has 33 heavy (non-hydrogen) atoms. The zero-order valence-electron chi connectivity index (χ0n) is 18.7. The Morgan fingerprint density at radius 2 is 1.94 bits per heavy atom. The predicted molar refractivity (Wildman–Crippen MR) is 128 cm³/mol. The Hall–Kier alpha value is -2.66. The number of pyridine rings is 1. The summed E-state index contributed by atoms with van der Waals surface area (Å²) in [5.41, 5.74) is 4.42. The molecular formula is C27H27ClN4O. The third-order valence-corrected chi connectivity index (χ3v) is 9.68. The lowest BCUT2D eigenvalue weighted by Crippen LogP contribution is -2.52. The van der Waals surface area contributed by atoms with Crippen molar-refractivity contribution in [2.45, 2.75) is 44.1 Å². The molecule has 5 atom stereocenters. The second-order valence-corrected chi connectivity index (χ2v) is 11.3. The summed E-state index contributed by atoms with van der Waals surface area (Å²) >= 11 is 5.93. The molecule has 1 aromatic carbocycles. The molecule has 168 valence electrons. The maximum atomic E-state index is 13.6. The third kappa shape index (κ3) is 2.75. The van der Waals surface area contributed by atoms with Crippen molar-refractivity contribution in [1.29, 1.82) is 0 Å². The summed E-state index contributed by atoms with van der Waals surface area (Å²) in [4.78, 5) is 24.4. The van der Waals surface area contributed by atoms with Crippen LogP contribution in [0.2, 0.25) is 5.15 Å². The molecule has 4 aliphatic rings. The minimum atomic E-state index is 0.0435. The lowest BCUT2D eigenvalue weighted by Gasteiger charge is -2.49. The van der Waals surface area contributed by atoms with Crippen LogP contribution in [-0.2, 0) is 0 Å². The number of rotatable bonds is 3. The number of nitrogens with zero attached hydrogens (tertiary/aromatic N) is 4. The summed E-state index contributed by atoms with van der Waals surface area (Å²) in [7, 11) is 2.03. The number of fused-ring (bicyclic) bond motifs is 2. The van der Waals surface area contributed by atoms with Gasteiger partial charge in [0.2, 0.25) is 0 Å². The molecule has 5 nitrogen and oxygen atoms in total. The number of halogens is 1. The first-order valence-electron chi connectivity index (χ1n) is 12.0. The molecule has 0 radical (unpaired) electrons. The molecule has 4 fully saturated rings. The molecule has 0 saturated heterocycles. The van der Waals surface area contributed by atoms with Gasteiger partial charge in [-0.25, -0.2) is 14.8 Å². The Bertz CT molecular complexity index is 1270. The lowest BCUT2D eigenvalue weighted by atomic mass is 9.56. The second-order valence-electron chi connectivity index (χ2n) is 10.9. The molecule has 4 aliphatic carbocycles. The van der Waals surface area contributed by atoms with E-state index in [1.165, 1.54) is 38.5 Å². The number of aromatic nitrogens is 3. The van der Waals surface area contributed by atoms with Crippen LogP contribution in [0.1, 0.15) is 38.5 Å². The Kier molecular flexibility index (Phi) is 4.01. The van der Waals surface area contributed by atoms with E-state index in [2.05, 4.69) is 20.9 Å². The molecule has 4 saturated carbocycles. The fourth-order valence-electron chi connectivity index (χ4n) is 8.06. The van der Waals surface area contributed by atoms with Crippen molar-refractivity contribution >= 4 is 17.6 Å². The van der Waals surface area contributed by atoms with Gasteiger partial charge < -0.3 is 4.90 Å². The minimum Gasteiger partial charge on any atom is -0.321 e. The maximum absolute atomic E-state index is 13.6. The Balaban J connectivity index is 1.15. The minimum absolute atomic E-state index is 0.0435. The zero-order chi connectivity index (χ0) is 22.4. The highest BCUT2D eigenvalue weighted by Crippen LogP contribution is 2.77. The van der Waals surface area contributed by atoms with E-state index in [4.69, 9.17) is 11.6 Å². The standard InChI is InChI=1S/C27H27ClN4O/c1-31(26-10-17-7-21-9-22(12-26)27(21,11-17)15-26)25(33)32-14-23(30-16-32)19-4-2-3-18(8-19)20-5-6-24(28)29-13-20/h2-6,8,13-14,16-17,21-22H,7,9-12,15H2,1H3. The summed E-state index contributed by atoms with van der Waals surface area (Å²) in [5.74, 6) is 2.59. The molecule has 0 aliphatic heterocycles. The van der Waals surface area contributed by atoms with Crippen molar-refractivity contribution in [3.63, 3.8) is 0 Å². The molecule has 5 unspecified atom stereocenters. The van der Waals surface area contributed by atoms with Crippen LogP contribution in [0.5, 0.6) is 0 Å². The van der Waals surface area contributed by atoms with Crippen LogP contribution < -0.4 is 0 Å². The quantitative estimate of drug-likeness (QED) is 0.443. The van der Waals surface area contributed by atoms with Crippen molar-refractivity contribution in [3.8, 4) is 22.4 Å². The molecule has 0 N–H and O–H groups in total.